The van der Waals surface area contributed by atoms with Crippen molar-refractivity contribution in [3.63, 3.8) is 0 Å². The highest BCUT2D eigenvalue weighted by Crippen LogP contribution is 2.31. The molecule has 106 valence electrons. The lowest BCUT2D eigenvalue weighted by atomic mass is 10.2. The number of carbonyl (C=O) groups excluding carboxylic acids is 1. The molecule has 1 aromatic carbocycles. The molecule has 1 fully saturated rings. The number of rotatable bonds is 6. The van der Waals surface area contributed by atoms with Crippen LogP contribution in [0.3, 0.4) is 0 Å². The van der Waals surface area contributed by atoms with Crippen LogP contribution in [0.1, 0.15) is 12.8 Å². The predicted molar refractivity (Wildman–Crippen MR) is 80.6 cm³/mol. The van der Waals surface area contributed by atoms with Crippen molar-refractivity contribution in [3.8, 4) is 5.75 Å². The highest BCUT2D eigenvalue weighted by Gasteiger charge is 2.28. The molecule has 0 radical (unpaired) electrons. The lowest BCUT2D eigenvalue weighted by Crippen LogP contribution is -2.40. The lowest BCUT2D eigenvalue weighted by molar-refractivity contribution is -0.123. The fraction of sp³-hybridized carbons (Fsp3) is 0.462. The molecule has 0 heterocycles. The van der Waals surface area contributed by atoms with Gasteiger partial charge < -0.3 is 15.8 Å². The molecule has 0 spiro atoms. The van der Waals surface area contributed by atoms with E-state index in [1.807, 2.05) is 24.3 Å². The van der Waals surface area contributed by atoms with Gasteiger partial charge in [0.2, 0.25) is 0 Å². The zero-order chi connectivity index (χ0) is 13.0. The smallest absolute Gasteiger partial charge is 0.257 e. The molecule has 6 heteroatoms. The van der Waals surface area contributed by atoms with Crippen LogP contribution in [0.2, 0.25) is 0 Å². The summed E-state index contributed by atoms with van der Waals surface area (Å²) in [5, 5.41) is 2.79. The Morgan fingerprint density at radius 1 is 1.53 bits per heavy atom. The summed E-state index contributed by atoms with van der Waals surface area (Å²) in [5.41, 5.74) is 5.89. The van der Waals surface area contributed by atoms with Gasteiger partial charge in [-0.15, -0.1) is 12.4 Å². The first-order valence-electron chi connectivity index (χ1n) is 6.06. The first kappa shape index (κ1) is 16.3. The second kappa shape index (κ2) is 7.72. The van der Waals surface area contributed by atoms with Gasteiger partial charge in [-0.1, -0.05) is 22.0 Å². The Kier molecular flexibility index (Phi) is 6.62. The largest absolute Gasteiger partial charge is 0.484 e. The first-order chi connectivity index (χ1) is 8.65. The van der Waals surface area contributed by atoms with Gasteiger partial charge in [0.05, 0.1) is 0 Å². The molecule has 1 aliphatic carbocycles. The summed E-state index contributed by atoms with van der Waals surface area (Å²) in [6.45, 7) is 0.555. The highest BCUT2D eigenvalue weighted by molar-refractivity contribution is 9.10. The molecule has 2 rings (SSSR count). The van der Waals surface area contributed by atoms with Gasteiger partial charge in [-0.3, -0.25) is 4.79 Å². The lowest BCUT2D eigenvalue weighted by Gasteiger charge is -2.12. The number of amides is 1. The number of halogens is 2. The topological polar surface area (TPSA) is 64.3 Å². The fourth-order valence-corrected chi connectivity index (χ4v) is 2.06. The van der Waals surface area contributed by atoms with Crippen LogP contribution >= 0.6 is 28.3 Å². The minimum absolute atomic E-state index is 0. The normalized spacial score (nSPS) is 15.3. The van der Waals surface area contributed by atoms with Crippen molar-refractivity contribution in [1.82, 2.24) is 5.32 Å². The van der Waals surface area contributed by atoms with Crippen LogP contribution in [0, 0.1) is 5.92 Å². The van der Waals surface area contributed by atoms with Crippen LogP contribution in [0.15, 0.2) is 28.7 Å². The maximum Gasteiger partial charge on any atom is 0.257 e. The Balaban J connectivity index is 0.00000180. The molecule has 4 nitrogen and oxygen atoms in total. The Labute approximate surface area is 127 Å². The van der Waals surface area contributed by atoms with E-state index in [4.69, 9.17) is 10.5 Å². The summed E-state index contributed by atoms with van der Waals surface area (Å²) < 4.78 is 6.30. The molecule has 1 aromatic rings. The van der Waals surface area contributed by atoms with Crippen molar-refractivity contribution in [1.29, 1.82) is 0 Å². The van der Waals surface area contributed by atoms with Crippen LogP contribution in [0.4, 0.5) is 0 Å². The summed E-state index contributed by atoms with van der Waals surface area (Å²) in [6.07, 6.45) is 2.37. The number of carbonyl (C=O) groups is 1. The van der Waals surface area contributed by atoms with E-state index in [9.17, 15) is 4.79 Å². The number of nitrogens with one attached hydrogen (secondary N) is 1. The number of hydrogen-bond acceptors (Lipinski definition) is 3. The quantitative estimate of drug-likeness (QED) is 0.826. The van der Waals surface area contributed by atoms with E-state index >= 15 is 0 Å². The van der Waals surface area contributed by atoms with E-state index in [1.165, 1.54) is 12.8 Å². The van der Waals surface area contributed by atoms with Crippen molar-refractivity contribution >= 4 is 34.2 Å². The third-order valence-corrected chi connectivity index (χ3v) is 3.42. The molecule has 0 aromatic heterocycles. The van der Waals surface area contributed by atoms with Gasteiger partial charge in [0.1, 0.15) is 5.75 Å². The number of ether oxygens (including phenoxy) is 1. The Morgan fingerprint density at radius 3 is 2.89 bits per heavy atom. The van der Waals surface area contributed by atoms with Crippen molar-refractivity contribution in [2.45, 2.75) is 18.9 Å². The fourth-order valence-electron chi connectivity index (χ4n) is 1.68. The van der Waals surface area contributed by atoms with Crippen molar-refractivity contribution in [3.05, 3.63) is 28.7 Å². The van der Waals surface area contributed by atoms with E-state index < -0.39 is 0 Å². The molecule has 19 heavy (non-hydrogen) atoms. The summed E-state index contributed by atoms with van der Waals surface area (Å²) in [7, 11) is 0. The van der Waals surface area contributed by atoms with Gasteiger partial charge in [-0.05, 0) is 37.0 Å². The van der Waals surface area contributed by atoms with Crippen molar-refractivity contribution in [2.75, 3.05) is 13.2 Å². The summed E-state index contributed by atoms with van der Waals surface area (Å²) >= 11 is 3.34. The average Bonchev–Trinajstić information content (AvgIpc) is 3.17. The third kappa shape index (κ3) is 5.80. The van der Waals surface area contributed by atoms with Gasteiger partial charge in [-0.2, -0.15) is 0 Å². The molecule has 1 amide bonds. The summed E-state index contributed by atoms with van der Waals surface area (Å²) in [6, 6.07) is 7.49. The Hall–Kier alpha value is -0.780. The third-order valence-electron chi connectivity index (χ3n) is 2.93. The minimum atomic E-state index is -0.133. The first-order valence-corrected chi connectivity index (χ1v) is 6.85. The molecule has 1 unspecified atom stereocenters. The van der Waals surface area contributed by atoms with Gasteiger partial charge >= 0.3 is 0 Å². The number of hydrogen-bond donors (Lipinski definition) is 2. The number of nitrogens with two attached hydrogens (primary N) is 1. The van der Waals surface area contributed by atoms with Crippen LogP contribution in [-0.4, -0.2) is 25.1 Å². The second-order valence-electron chi connectivity index (χ2n) is 4.55. The van der Waals surface area contributed by atoms with E-state index in [0.29, 0.717) is 18.2 Å². The van der Waals surface area contributed by atoms with Crippen LogP contribution in [-0.2, 0) is 4.79 Å². The van der Waals surface area contributed by atoms with Crippen LogP contribution < -0.4 is 15.8 Å². The van der Waals surface area contributed by atoms with Gasteiger partial charge in [0.25, 0.3) is 5.91 Å². The monoisotopic (exact) mass is 348 g/mol. The molecule has 0 bridgehead atoms. The van der Waals surface area contributed by atoms with E-state index in [0.717, 1.165) is 4.47 Å². The molecule has 1 atom stereocenters. The van der Waals surface area contributed by atoms with E-state index in [-0.39, 0.29) is 31.0 Å². The van der Waals surface area contributed by atoms with Gasteiger partial charge in [0, 0.05) is 17.1 Å². The van der Waals surface area contributed by atoms with Crippen molar-refractivity contribution in [2.24, 2.45) is 11.7 Å². The SMILES string of the molecule is Cl.NC(CNC(=O)COc1cccc(Br)c1)C1CC1. The molecular formula is C13H18BrClN2O2. The highest BCUT2D eigenvalue weighted by atomic mass is 79.9. The van der Waals surface area contributed by atoms with Gasteiger partial charge in [0.15, 0.2) is 6.61 Å². The number of benzene rings is 1. The maximum atomic E-state index is 11.5. The molecule has 0 saturated heterocycles. The van der Waals surface area contributed by atoms with E-state index in [2.05, 4.69) is 21.2 Å². The Bertz CT molecular complexity index is 427. The molecular weight excluding hydrogens is 332 g/mol. The maximum absolute atomic E-state index is 11.5. The zero-order valence-corrected chi connectivity index (χ0v) is 12.9. The van der Waals surface area contributed by atoms with E-state index in [1.54, 1.807) is 0 Å². The zero-order valence-electron chi connectivity index (χ0n) is 10.5. The minimum Gasteiger partial charge on any atom is -0.484 e. The summed E-state index contributed by atoms with van der Waals surface area (Å²) in [4.78, 5) is 11.5. The van der Waals surface area contributed by atoms with Gasteiger partial charge in [-0.25, -0.2) is 0 Å². The molecule has 0 aliphatic heterocycles. The average molecular weight is 350 g/mol. The molecule has 1 saturated carbocycles. The second-order valence-corrected chi connectivity index (χ2v) is 5.47. The van der Waals surface area contributed by atoms with Crippen molar-refractivity contribution < 1.29 is 9.53 Å². The van der Waals surface area contributed by atoms with Crippen LogP contribution in [0.5, 0.6) is 5.75 Å². The summed E-state index contributed by atoms with van der Waals surface area (Å²) in [5.74, 6) is 1.13. The molecule has 3 N–H and O–H groups in total. The van der Waals surface area contributed by atoms with Crippen LogP contribution in [0.25, 0.3) is 0 Å². The predicted octanol–water partition coefficient (Wildman–Crippen LogP) is 2.10. The standard InChI is InChI=1S/C13H17BrN2O2.ClH/c14-10-2-1-3-11(6-10)18-8-13(17)16-7-12(15)9-4-5-9;/h1-3,6,9,12H,4-5,7-8,15H2,(H,16,17);1H. The molecule has 1 aliphatic rings. The Morgan fingerprint density at radius 2 is 2.26 bits per heavy atom.